The van der Waals surface area contributed by atoms with E-state index >= 15 is 0 Å². The molecule has 3 rings (SSSR count). The molecule has 0 saturated heterocycles. The Hall–Kier alpha value is -3.26. The summed E-state index contributed by atoms with van der Waals surface area (Å²) in [6, 6.07) is 7.24. The molecular formula is C17H14ClN5O3. The van der Waals surface area contributed by atoms with E-state index in [1.807, 2.05) is 12.1 Å². The first kappa shape index (κ1) is 17.6. The van der Waals surface area contributed by atoms with E-state index in [0.29, 0.717) is 11.6 Å². The summed E-state index contributed by atoms with van der Waals surface area (Å²) in [5, 5.41) is 16.4. The molecule has 132 valence electrons. The fourth-order valence-corrected chi connectivity index (χ4v) is 2.56. The number of carbonyl (C=O) groups is 2. The van der Waals surface area contributed by atoms with E-state index in [9.17, 15) is 9.59 Å². The zero-order valence-corrected chi connectivity index (χ0v) is 14.2. The zero-order chi connectivity index (χ0) is 18.5. The lowest BCUT2D eigenvalue weighted by Crippen LogP contribution is -2.31. The van der Waals surface area contributed by atoms with E-state index in [1.54, 1.807) is 18.3 Å². The third-order valence-electron chi connectivity index (χ3n) is 3.55. The van der Waals surface area contributed by atoms with Crippen molar-refractivity contribution in [2.75, 3.05) is 18.4 Å². The minimum atomic E-state index is -1.30. The molecule has 9 heteroatoms. The maximum atomic E-state index is 12.1. The number of nitrogens with zero attached hydrogens (tertiary/aromatic N) is 3. The van der Waals surface area contributed by atoms with Gasteiger partial charge in [-0.1, -0.05) is 11.6 Å². The van der Waals surface area contributed by atoms with Crippen LogP contribution in [0.4, 0.5) is 5.69 Å². The number of hydrogen-bond donors (Lipinski definition) is 3. The summed E-state index contributed by atoms with van der Waals surface area (Å²) >= 11 is 5.97. The first-order valence-corrected chi connectivity index (χ1v) is 8.04. The molecule has 0 aliphatic heterocycles. The van der Waals surface area contributed by atoms with Crippen LogP contribution in [0.2, 0.25) is 5.02 Å². The quantitative estimate of drug-likeness (QED) is 0.568. The van der Waals surface area contributed by atoms with E-state index in [2.05, 4.69) is 25.6 Å². The van der Waals surface area contributed by atoms with Gasteiger partial charge in [0.1, 0.15) is 0 Å². The molecule has 0 fully saturated rings. The summed E-state index contributed by atoms with van der Waals surface area (Å²) in [7, 11) is 0. The summed E-state index contributed by atoms with van der Waals surface area (Å²) in [6.45, 7) is 0.696. The number of anilines is 1. The first-order valence-electron chi connectivity index (χ1n) is 7.67. The lowest BCUT2D eigenvalue weighted by atomic mass is 10.2. The number of carboxylic acid groups (broad SMARTS) is 1. The number of aromatic nitrogens is 3. The van der Waals surface area contributed by atoms with Gasteiger partial charge in [0.05, 0.1) is 5.52 Å². The maximum absolute atomic E-state index is 12.1. The molecule has 0 bridgehead atoms. The smallest absolute Gasteiger partial charge is 0.356 e. The van der Waals surface area contributed by atoms with E-state index in [0.717, 1.165) is 16.6 Å². The molecule has 0 radical (unpaired) electrons. The zero-order valence-electron chi connectivity index (χ0n) is 13.4. The van der Waals surface area contributed by atoms with E-state index in [4.69, 9.17) is 16.7 Å². The molecule has 0 aliphatic carbocycles. The Morgan fingerprint density at radius 1 is 1.00 bits per heavy atom. The number of halogens is 1. The molecule has 1 aromatic carbocycles. The molecule has 3 N–H and O–H groups in total. The van der Waals surface area contributed by atoms with Crippen LogP contribution < -0.4 is 10.6 Å². The van der Waals surface area contributed by atoms with E-state index in [-0.39, 0.29) is 17.9 Å². The number of hydrogen-bond acceptors (Lipinski definition) is 6. The third-order valence-corrected chi connectivity index (χ3v) is 3.78. The molecule has 26 heavy (non-hydrogen) atoms. The SMILES string of the molecule is O=C(O)c1nccnc1C(=O)NCCNc1ccnc2cc(Cl)ccc12. The van der Waals surface area contributed by atoms with Crippen LogP contribution in [0.25, 0.3) is 10.9 Å². The van der Waals surface area contributed by atoms with E-state index < -0.39 is 11.9 Å². The third kappa shape index (κ3) is 3.86. The van der Waals surface area contributed by atoms with Crippen molar-refractivity contribution >= 4 is 40.1 Å². The Balaban J connectivity index is 1.61. The number of fused-ring (bicyclic) bond motifs is 1. The molecular weight excluding hydrogens is 358 g/mol. The highest BCUT2D eigenvalue weighted by atomic mass is 35.5. The Labute approximate surface area is 153 Å². The fourth-order valence-electron chi connectivity index (χ4n) is 2.39. The fraction of sp³-hybridized carbons (Fsp3) is 0.118. The Bertz CT molecular complexity index is 980. The van der Waals surface area contributed by atoms with Gasteiger partial charge < -0.3 is 15.7 Å². The molecule has 2 aromatic heterocycles. The Kier molecular flexibility index (Phi) is 5.23. The normalized spacial score (nSPS) is 10.5. The van der Waals surface area contributed by atoms with Gasteiger partial charge in [0.2, 0.25) is 0 Å². The molecule has 0 aliphatic rings. The van der Waals surface area contributed by atoms with Gasteiger partial charge in [0, 0.05) is 47.8 Å². The number of rotatable bonds is 6. The molecule has 0 saturated carbocycles. The van der Waals surface area contributed by atoms with Gasteiger partial charge in [-0.3, -0.25) is 9.78 Å². The lowest BCUT2D eigenvalue weighted by Gasteiger charge is -2.10. The van der Waals surface area contributed by atoms with Crippen LogP contribution in [0, 0.1) is 0 Å². The summed E-state index contributed by atoms with van der Waals surface area (Å²) in [5.74, 6) is -1.90. The van der Waals surface area contributed by atoms with Crippen molar-refractivity contribution in [3.8, 4) is 0 Å². The lowest BCUT2D eigenvalue weighted by molar-refractivity contribution is 0.0683. The monoisotopic (exact) mass is 371 g/mol. The predicted octanol–water partition coefficient (Wildman–Crippen LogP) is 2.22. The van der Waals surface area contributed by atoms with Crippen molar-refractivity contribution in [1.29, 1.82) is 0 Å². The first-order chi connectivity index (χ1) is 12.6. The highest BCUT2D eigenvalue weighted by Gasteiger charge is 2.18. The number of amides is 1. The van der Waals surface area contributed by atoms with Crippen LogP contribution in [-0.4, -0.2) is 45.0 Å². The van der Waals surface area contributed by atoms with Crippen molar-refractivity contribution in [2.45, 2.75) is 0 Å². The van der Waals surface area contributed by atoms with Crippen LogP contribution in [-0.2, 0) is 0 Å². The summed E-state index contributed by atoms with van der Waals surface area (Å²) < 4.78 is 0. The van der Waals surface area contributed by atoms with Gasteiger partial charge in [0.25, 0.3) is 5.91 Å². The summed E-state index contributed by atoms with van der Waals surface area (Å²) in [5.41, 5.74) is 1.02. The van der Waals surface area contributed by atoms with Crippen molar-refractivity contribution in [3.63, 3.8) is 0 Å². The van der Waals surface area contributed by atoms with Gasteiger partial charge in [-0.05, 0) is 24.3 Å². The van der Waals surface area contributed by atoms with Crippen LogP contribution >= 0.6 is 11.6 Å². The van der Waals surface area contributed by atoms with Crippen molar-refractivity contribution in [2.24, 2.45) is 0 Å². The predicted molar refractivity (Wildman–Crippen MR) is 96.6 cm³/mol. The van der Waals surface area contributed by atoms with Gasteiger partial charge in [-0.15, -0.1) is 0 Å². The summed E-state index contributed by atoms with van der Waals surface area (Å²) in [4.78, 5) is 34.9. The van der Waals surface area contributed by atoms with Crippen molar-refractivity contribution < 1.29 is 14.7 Å². The van der Waals surface area contributed by atoms with Crippen LogP contribution in [0.5, 0.6) is 0 Å². The minimum absolute atomic E-state index is 0.219. The van der Waals surface area contributed by atoms with Gasteiger partial charge >= 0.3 is 5.97 Å². The molecule has 2 heterocycles. The number of carboxylic acids is 1. The number of benzene rings is 1. The van der Waals surface area contributed by atoms with Crippen molar-refractivity contribution in [1.82, 2.24) is 20.3 Å². The van der Waals surface area contributed by atoms with E-state index in [1.165, 1.54) is 12.4 Å². The number of carbonyl (C=O) groups excluding carboxylic acids is 1. The number of aromatic carboxylic acids is 1. The number of nitrogens with one attached hydrogen (secondary N) is 2. The highest BCUT2D eigenvalue weighted by Crippen LogP contribution is 2.24. The highest BCUT2D eigenvalue weighted by molar-refractivity contribution is 6.31. The molecule has 8 nitrogen and oxygen atoms in total. The van der Waals surface area contributed by atoms with Crippen LogP contribution in [0.15, 0.2) is 42.9 Å². The average Bonchev–Trinajstić information content (AvgIpc) is 2.64. The van der Waals surface area contributed by atoms with Crippen LogP contribution in [0.3, 0.4) is 0 Å². The molecule has 0 atom stereocenters. The maximum Gasteiger partial charge on any atom is 0.356 e. The summed E-state index contributed by atoms with van der Waals surface area (Å²) in [6.07, 6.45) is 4.16. The largest absolute Gasteiger partial charge is 0.476 e. The Morgan fingerprint density at radius 3 is 2.54 bits per heavy atom. The number of pyridine rings is 1. The molecule has 0 unspecified atom stereocenters. The van der Waals surface area contributed by atoms with Crippen molar-refractivity contribution in [3.05, 3.63) is 59.3 Å². The topological polar surface area (TPSA) is 117 Å². The van der Waals surface area contributed by atoms with Gasteiger partial charge in [-0.2, -0.15) is 0 Å². The second kappa shape index (κ2) is 7.75. The second-order valence-electron chi connectivity index (χ2n) is 5.26. The van der Waals surface area contributed by atoms with Crippen LogP contribution in [0.1, 0.15) is 21.0 Å². The standard InChI is InChI=1S/C17H14ClN5O3/c18-10-1-2-11-12(3-4-19-13(11)9-10)20-5-8-23-16(24)14-15(17(25)26)22-7-6-21-14/h1-4,6-7,9H,5,8H2,(H,19,20)(H,23,24)(H,25,26). The molecule has 0 spiro atoms. The Morgan fingerprint density at radius 2 is 1.77 bits per heavy atom. The molecule has 1 amide bonds. The second-order valence-corrected chi connectivity index (χ2v) is 5.70. The minimum Gasteiger partial charge on any atom is -0.476 e. The average molecular weight is 372 g/mol. The van der Waals surface area contributed by atoms with Gasteiger partial charge in [0.15, 0.2) is 11.4 Å². The molecule has 3 aromatic rings. The van der Waals surface area contributed by atoms with Gasteiger partial charge in [-0.25, -0.2) is 14.8 Å².